The summed E-state index contributed by atoms with van der Waals surface area (Å²) in [6.07, 6.45) is 2.47. The van der Waals surface area contributed by atoms with Gasteiger partial charge in [0.15, 0.2) is 0 Å². The van der Waals surface area contributed by atoms with Crippen LogP contribution in [0.5, 0.6) is 5.75 Å². The van der Waals surface area contributed by atoms with E-state index in [4.69, 9.17) is 16.3 Å². The van der Waals surface area contributed by atoms with Crippen molar-refractivity contribution in [2.45, 2.75) is 44.9 Å². The van der Waals surface area contributed by atoms with Gasteiger partial charge in [0.05, 0.1) is 23.2 Å². The summed E-state index contributed by atoms with van der Waals surface area (Å²) in [5, 5.41) is 24.9. The summed E-state index contributed by atoms with van der Waals surface area (Å²) >= 11 is 6.49. The summed E-state index contributed by atoms with van der Waals surface area (Å²) < 4.78 is 5.33. The molecule has 36 heavy (non-hydrogen) atoms. The van der Waals surface area contributed by atoms with Crippen LogP contribution in [0.2, 0.25) is 5.02 Å². The van der Waals surface area contributed by atoms with Gasteiger partial charge in [-0.15, -0.1) is 0 Å². The van der Waals surface area contributed by atoms with Crippen molar-refractivity contribution < 1.29 is 14.8 Å². The molecule has 0 aromatic heterocycles. The molecule has 1 heterocycles. The van der Waals surface area contributed by atoms with Crippen LogP contribution in [0.3, 0.4) is 0 Å². The van der Waals surface area contributed by atoms with Crippen molar-refractivity contribution in [3.63, 3.8) is 0 Å². The topological polar surface area (TPSA) is 79.1 Å². The monoisotopic (exact) mass is 511 g/mol. The molecular formula is C28H34ClN3O4. The first-order chi connectivity index (χ1) is 17.4. The predicted octanol–water partition coefficient (Wildman–Crippen LogP) is 5.82. The van der Waals surface area contributed by atoms with Gasteiger partial charge >= 0.3 is 0 Å². The molecule has 7 nitrogen and oxygen atoms in total. The molecule has 192 valence electrons. The minimum Gasteiger partial charge on any atom is -0.495 e. The van der Waals surface area contributed by atoms with E-state index in [1.807, 2.05) is 42.5 Å². The number of hydrogen-bond acceptors (Lipinski definition) is 6. The Hall–Kier alpha value is -2.71. The minimum absolute atomic E-state index is 0.0395. The molecule has 3 aromatic rings. The second-order valence-corrected chi connectivity index (χ2v) is 9.83. The maximum Gasteiger partial charge on any atom is 0.269 e. The van der Waals surface area contributed by atoms with E-state index in [1.165, 1.54) is 0 Å². The molecule has 1 aliphatic heterocycles. The third-order valence-corrected chi connectivity index (χ3v) is 7.54. The molecule has 0 radical (unpaired) electrons. The molecule has 0 saturated carbocycles. The van der Waals surface area contributed by atoms with E-state index >= 15 is 0 Å². The average Bonchev–Trinajstić information content (AvgIpc) is 2.90. The van der Waals surface area contributed by atoms with Gasteiger partial charge in [-0.25, -0.2) is 0 Å². The lowest BCUT2D eigenvalue weighted by Gasteiger charge is -2.41. The van der Waals surface area contributed by atoms with Gasteiger partial charge in [-0.3, -0.25) is 19.9 Å². The molecule has 1 N–H and O–H groups in total. The van der Waals surface area contributed by atoms with Gasteiger partial charge < -0.3 is 9.84 Å². The molecule has 1 fully saturated rings. The fourth-order valence-corrected chi connectivity index (χ4v) is 5.35. The number of piperazine rings is 1. The number of nitro benzene ring substituents is 1. The zero-order valence-electron chi connectivity index (χ0n) is 20.9. The third kappa shape index (κ3) is 5.98. The first-order valence-corrected chi connectivity index (χ1v) is 12.9. The summed E-state index contributed by atoms with van der Waals surface area (Å²) in [7, 11) is 1.61. The second-order valence-electron chi connectivity index (χ2n) is 9.45. The number of aliphatic hydroxyl groups is 1. The predicted molar refractivity (Wildman–Crippen MR) is 144 cm³/mol. The first kappa shape index (κ1) is 26.4. The maximum absolute atomic E-state index is 11.5. The maximum atomic E-state index is 11.5. The van der Waals surface area contributed by atoms with Crippen LogP contribution >= 0.6 is 11.6 Å². The number of fused-ring (bicyclic) bond motifs is 1. The fourth-order valence-electron chi connectivity index (χ4n) is 5.04. The zero-order valence-corrected chi connectivity index (χ0v) is 21.7. The smallest absolute Gasteiger partial charge is 0.269 e. The molecule has 1 saturated heterocycles. The summed E-state index contributed by atoms with van der Waals surface area (Å²) in [6, 6.07) is 16.7. The lowest BCUT2D eigenvalue weighted by atomic mass is 9.94. The van der Waals surface area contributed by atoms with Crippen LogP contribution in [0, 0.1) is 10.1 Å². The van der Waals surface area contributed by atoms with Gasteiger partial charge in [0.25, 0.3) is 5.69 Å². The van der Waals surface area contributed by atoms with Crippen LogP contribution in [-0.2, 0) is 6.54 Å². The number of methoxy groups -OCH3 is 1. The Labute approximate surface area is 217 Å². The van der Waals surface area contributed by atoms with Crippen molar-refractivity contribution in [2.24, 2.45) is 0 Å². The van der Waals surface area contributed by atoms with Crippen LogP contribution in [0.15, 0.2) is 54.6 Å². The van der Waals surface area contributed by atoms with Crippen LogP contribution in [0.4, 0.5) is 5.69 Å². The highest BCUT2D eigenvalue weighted by Gasteiger charge is 2.30. The van der Waals surface area contributed by atoms with Gasteiger partial charge in [-0.05, 0) is 35.1 Å². The third-order valence-electron chi connectivity index (χ3n) is 7.15. The van der Waals surface area contributed by atoms with Crippen LogP contribution in [0.1, 0.15) is 43.4 Å². The lowest BCUT2D eigenvalue weighted by molar-refractivity contribution is -0.384. The van der Waals surface area contributed by atoms with Gasteiger partial charge in [-0.1, -0.05) is 61.7 Å². The Kier molecular flexibility index (Phi) is 8.80. The van der Waals surface area contributed by atoms with E-state index in [0.717, 1.165) is 73.9 Å². The number of aliphatic hydroxyl groups excluding tert-OH is 1. The molecule has 4 rings (SSSR count). The molecule has 0 spiro atoms. The Morgan fingerprint density at radius 2 is 1.81 bits per heavy atom. The van der Waals surface area contributed by atoms with E-state index in [0.29, 0.717) is 10.8 Å². The van der Waals surface area contributed by atoms with Crippen LogP contribution < -0.4 is 4.74 Å². The van der Waals surface area contributed by atoms with E-state index < -0.39 is 6.10 Å². The normalized spacial score (nSPS) is 16.7. The van der Waals surface area contributed by atoms with E-state index in [2.05, 4.69) is 16.7 Å². The molecule has 0 unspecified atom stereocenters. The summed E-state index contributed by atoms with van der Waals surface area (Å²) in [5.41, 5.74) is 2.09. The highest BCUT2D eigenvalue weighted by Crippen LogP contribution is 2.35. The van der Waals surface area contributed by atoms with Gasteiger partial charge in [-0.2, -0.15) is 0 Å². The quantitative estimate of drug-likeness (QED) is 0.273. The van der Waals surface area contributed by atoms with Crippen LogP contribution in [0.25, 0.3) is 10.8 Å². The number of halogens is 1. The minimum atomic E-state index is -0.594. The average molecular weight is 512 g/mol. The van der Waals surface area contributed by atoms with Crippen molar-refractivity contribution in [3.05, 3.63) is 80.9 Å². The number of nitrogens with zero attached hydrogens (tertiary/aromatic N) is 3. The number of rotatable bonds is 10. The van der Waals surface area contributed by atoms with Gasteiger partial charge in [0.1, 0.15) is 5.75 Å². The van der Waals surface area contributed by atoms with Crippen LogP contribution in [-0.4, -0.2) is 59.2 Å². The second kappa shape index (κ2) is 12.0. The molecule has 8 heteroatoms. The van der Waals surface area contributed by atoms with Crippen molar-refractivity contribution in [3.8, 4) is 5.75 Å². The number of non-ortho nitro benzene ring substituents is 1. The largest absolute Gasteiger partial charge is 0.495 e. The molecule has 0 amide bonds. The summed E-state index contributed by atoms with van der Waals surface area (Å²) in [6.45, 7) is 6.46. The van der Waals surface area contributed by atoms with Gasteiger partial charge in [0.2, 0.25) is 0 Å². The Bertz CT molecular complexity index is 1180. The molecule has 1 aliphatic rings. The van der Waals surface area contributed by atoms with E-state index in [-0.39, 0.29) is 16.7 Å². The highest BCUT2D eigenvalue weighted by atomic mass is 35.5. The Balaban J connectivity index is 1.44. The fraction of sp³-hybridized carbons (Fsp3) is 0.429. The van der Waals surface area contributed by atoms with Gasteiger partial charge in [0, 0.05) is 56.3 Å². The van der Waals surface area contributed by atoms with Crippen molar-refractivity contribution in [2.75, 3.05) is 33.3 Å². The number of hydrogen-bond donors (Lipinski definition) is 1. The standard InChI is InChI=1S/C28H34ClN3O4/c1-3-4-5-25(28(33)22-8-12-24-21(18-22)9-13-26(36-2)27(24)29)31-16-14-30(15-17-31)19-20-6-10-23(11-7-20)32(34)35/h6-13,18,25,28,33H,3-5,14-17,19H2,1-2H3/t25-,28-/m1/s1. The van der Waals surface area contributed by atoms with E-state index in [1.54, 1.807) is 19.2 Å². The van der Waals surface area contributed by atoms with E-state index in [9.17, 15) is 15.2 Å². The molecular weight excluding hydrogens is 478 g/mol. The summed E-state index contributed by atoms with van der Waals surface area (Å²) in [5.74, 6) is 0.643. The first-order valence-electron chi connectivity index (χ1n) is 12.5. The molecule has 0 aliphatic carbocycles. The number of benzene rings is 3. The van der Waals surface area contributed by atoms with Crippen molar-refractivity contribution >= 4 is 28.1 Å². The SMILES string of the molecule is CCCC[C@H]([C@H](O)c1ccc2c(Cl)c(OC)ccc2c1)N1CCN(Cc2ccc([N+](=O)[O-])cc2)CC1. The molecule has 0 bridgehead atoms. The number of nitro groups is 1. The number of ether oxygens (including phenoxy) is 1. The highest BCUT2D eigenvalue weighted by molar-refractivity contribution is 6.37. The molecule has 3 aromatic carbocycles. The number of unbranched alkanes of at least 4 members (excludes halogenated alkanes) is 1. The lowest BCUT2D eigenvalue weighted by Crippen LogP contribution is -2.51. The zero-order chi connectivity index (χ0) is 25.7. The Morgan fingerprint density at radius 1 is 1.08 bits per heavy atom. The van der Waals surface area contributed by atoms with Crippen molar-refractivity contribution in [1.82, 2.24) is 9.80 Å². The van der Waals surface area contributed by atoms with Crippen molar-refractivity contribution in [1.29, 1.82) is 0 Å². The summed E-state index contributed by atoms with van der Waals surface area (Å²) in [4.78, 5) is 15.3. The Morgan fingerprint density at radius 3 is 2.44 bits per heavy atom. The molecule has 2 atom stereocenters.